The summed E-state index contributed by atoms with van der Waals surface area (Å²) in [5, 5.41) is 16.6. The average Bonchev–Trinajstić information content (AvgIpc) is 3.35. The van der Waals surface area contributed by atoms with Crippen molar-refractivity contribution in [2.75, 3.05) is 12.3 Å². The van der Waals surface area contributed by atoms with Crippen molar-refractivity contribution < 1.29 is 19.5 Å². The van der Waals surface area contributed by atoms with Gasteiger partial charge < -0.3 is 15.3 Å². The van der Waals surface area contributed by atoms with Crippen LogP contribution in [0.3, 0.4) is 0 Å². The smallest absolute Gasteiger partial charge is 0.316 e. The third-order valence-electron chi connectivity index (χ3n) is 5.86. The average molecular weight is 546 g/mol. The molecule has 2 unspecified atom stereocenters. The number of hydrogen-bond donors (Lipinski definition) is 2. The van der Waals surface area contributed by atoms with Crippen LogP contribution in [-0.2, 0) is 20.8 Å². The van der Waals surface area contributed by atoms with Gasteiger partial charge in [-0.3, -0.25) is 19.2 Å². The lowest BCUT2D eigenvalue weighted by Gasteiger charge is -2.53. The molecule has 8 nitrogen and oxygen atoms in total. The summed E-state index contributed by atoms with van der Waals surface area (Å²) in [6.07, 6.45) is 1.71. The van der Waals surface area contributed by atoms with Gasteiger partial charge in [-0.2, -0.15) is 0 Å². The van der Waals surface area contributed by atoms with Gasteiger partial charge in [0, 0.05) is 33.8 Å². The molecule has 4 heterocycles. The number of carboxylic acids is 1. The van der Waals surface area contributed by atoms with E-state index in [9.17, 15) is 24.3 Å². The molecule has 2 fully saturated rings. The SMILES string of the molecule is O=C(Cc1cscn1)NC1C(=O)N2CC(C=CSc3cc(=O)c4ccccc4s3)(C(=O)O)CS[C@H]12. The lowest BCUT2D eigenvalue weighted by atomic mass is 9.87. The summed E-state index contributed by atoms with van der Waals surface area (Å²) >= 11 is 5.50. The predicted octanol–water partition coefficient (Wildman–Crippen LogP) is 3.04. The molecule has 180 valence electrons. The second-order valence-electron chi connectivity index (χ2n) is 8.18. The number of aliphatic carboxylic acids is 1. The Morgan fingerprint density at radius 2 is 2.14 bits per heavy atom. The number of fused-ring (bicyclic) bond motifs is 2. The van der Waals surface area contributed by atoms with Crippen molar-refractivity contribution in [2.24, 2.45) is 5.41 Å². The zero-order valence-corrected chi connectivity index (χ0v) is 21.3. The van der Waals surface area contributed by atoms with Gasteiger partial charge in [-0.05, 0) is 17.5 Å². The number of amides is 2. The molecule has 3 aromatic rings. The van der Waals surface area contributed by atoms with Crippen molar-refractivity contribution >= 4 is 74.1 Å². The number of carbonyl (C=O) groups is 3. The Hall–Kier alpha value is -2.67. The summed E-state index contributed by atoms with van der Waals surface area (Å²) < 4.78 is 1.63. The lowest BCUT2D eigenvalue weighted by molar-refractivity contribution is -0.156. The highest BCUT2D eigenvalue weighted by Gasteiger charge is 2.56. The standard InChI is InChI=1S/C23H19N3O5S4/c27-15-8-18(35-16-4-2-1-3-14(15)16)33-6-5-23(22(30)31)10-26-20(29)19(21(26)34-11-23)25-17(28)7-13-9-32-12-24-13/h1-6,8-9,12,19,21H,7,10-11H2,(H,25,28)(H,30,31)/t19?,21-,23?/m1/s1. The van der Waals surface area contributed by atoms with E-state index >= 15 is 0 Å². The van der Waals surface area contributed by atoms with E-state index in [0.717, 1.165) is 8.91 Å². The van der Waals surface area contributed by atoms with Crippen LogP contribution < -0.4 is 10.7 Å². The zero-order chi connectivity index (χ0) is 24.6. The highest BCUT2D eigenvalue weighted by atomic mass is 32.2. The van der Waals surface area contributed by atoms with Gasteiger partial charge in [0.15, 0.2) is 5.43 Å². The van der Waals surface area contributed by atoms with Crippen LogP contribution in [0.2, 0.25) is 0 Å². The minimum absolute atomic E-state index is 0.0301. The number of thiazole rings is 1. The van der Waals surface area contributed by atoms with Crippen LogP contribution in [0.25, 0.3) is 10.1 Å². The maximum atomic E-state index is 12.7. The third kappa shape index (κ3) is 4.75. The normalized spacial score (nSPS) is 23.8. The topological polar surface area (TPSA) is 117 Å². The van der Waals surface area contributed by atoms with E-state index in [4.69, 9.17) is 0 Å². The highest BCUT2D eigenvalue weighted by molar-refractivity contribution is 8.04. The number of nitrogens with zero attached hydrogens (tertiary/aromatic N) is 2. The van der Waals surface area contributed by atoms with Gasteiger partial charge >= 0.3 is 5.97 Å². The van der Waals surface area contributed by atoms with Crippen LogP contribution in [0.1, 0.15) is 5.69 Å². The second-order valence-corrected chi connectivity index (χ2v) is 12.3. The van der Waals surface area contributed by atoms with Crippen LogP contribution >= 0.6 is 46.2 Å². The van der Waals surface area contributed by atoms with Crippen LogP contribution in [0.15, 0.2) is 61.7 Å². The Morgan fingerprint density at radius 1 is 1.31 bits per heavy atom. The Kier molecular flexibility index (Phi) is 6.71. The van der Waals surface area contributed by atoms with E-state index in [-0.39, 0.29) is 41.3 Å². The number of carboxylic acid groups (broad SMARTS) is 1. The molecule has 0 spiro atoms. The Balaban J connectivity index is 1.25. The van der Waals surface area contributed by atoms with Gasteiger partial charge in [0.05, 0.1) is 21.8 Å². The van der Waals surface area contributed by atoms with Crippen LogP contribution in [0.4, 0.5) is 0 Å². The third-order valence-corrected chi connectivity index (χ3v) is 10.1. The summed E-state index contributed by atoms with van der Waals surface area (Å²) in [7, 11) is 0. The quantitative estimate of drug-likeness (QED) is 0.344. The molecular weight excluding hydrogens is 527 g/mol. The van der Waals surface area contributed by atoms with E-state index < -0.39 is 17.4 Å². The van der Waals surface area contributed by atoms with E-state index in [0.29, 0.717) is 11.1 Å². The first kappa shape index (κ1) is 24.0. The number of thioether (sulfide) groups is 2. The first-order valence-corrected chi connectivity index (χ1v) is 14.2. The monoisotopic (exact) mass is 545 g/mol. The van der Waals surface area contributed by atoms with Crippen molar-refractivity contribution in [1.82, 2.24) is 15.2 Å². The zero-order valence-electron chi connectivity index (χ0n) is 18.1. The number of carbonyl (C=O) groups excluding carboxylic acids is 2. The van der Waals surface area contributed by atoms with Crippen molar-refractivity contribution in [3.63, 3.8) is 0 Å². The summed E-state index contributed by atoms with van der Waals surface area (Å²) in [6, 6.07) is 8.25. The fraction of sp³-hybridized carbons (Fsp3) is 0.261. The molecule has 12 heteroatoms. The molecule has 5 rings (SSSR count). The highest BCUT2D eigenvalue weighted by Crippen LogP contribution is 2.43. The molecule has 2 amide bonds. The molecular formula is C23H19N3O5S4. The van der Waals surface area contributed by atoms with E-state index in [2.05, 4.69) is 10.3 Å². The molecule has 2 N–H and O–H groups in total. The number of rotatable bonds is 7. The fourth-order valence-electron chi connectivity index (χ4n) is 3.98. The molecule has 0 bridgehead atoms. The molecule has 2 saturated heterocycles. The Morgan fingerprint density at radius 3 is 2.91 bits per heavy atom. The summed E-state index contributed by atoms with van der Waals surface area (Å²) in [5.74, 6) is -1.32. The summed E-state index contributed by atoms with van der Waals surface area (Å²) in [4.78, 5) is 55.2. The molecule has 0 saturated carbocycles. The van der Waals surface area contributed by atoms with Gasteiger partial charge in [-0.1, -0.05) is 30.0 Å². The van der Waals surface area contributed by atoms with E-state index in [1.165, 1.54) is 51.1 Å². The Bertz CT molecular complexity index is 1390. The number of hydrogen-bond acceptors (Lipinski definition) is 9. The molecule has 35 heavy (non-hydrogen) atoms. The minimum atomic E-state index is -1.25. The number of aromatic nitrogens is 1. The predicted molar refractivity (Wildman–Crippen MR) is 139 cm³/mol. The van der Waals surface area contributed by atoms with E-state index in [1.807, 2.05) is 18.2 Å². The molecule has 3 atom stereocenters. The van der Waals surface area contributed by atoms with Crippen LogP contribution in [0, 0.1) is 5.41 Å². The number of nitrogens with one attached hydrogen (secondary N) is 1. The maximum Gasteiger partial charge on any atom is 0.316 e. The minimum Gasteiger partial charge on any atom is -0.481 e. The summed E-state index contributed by atoms with van der Waals surface area (Å²) in [6.45, 7) is 0.0301. The first-order chi connectivity index (χ1) is 16.9. The molecule has 1 aromatic carbocycles. The fourth-order valence-corrected chi connectivity index (χ4v) is 8.13. The van der Waals surface area contributed by atoms with Crippen LogP contribution in [-0.4, -0.2) is 56.5 Å². The van der Waals surface area contributed by atoms with Gasteiger partial charge in [-0.25, -0.2) is 4.98 Å². The molecule has 0 aliphatic carbocycles. The van der Waals surface area contributed by atoms with Crippen molar-refractivity contribution in [2.45, 2.75) is 22.0 Å². The lowest BCUT2D eigenvalue weighted by Crippen LogP contribution is -2.73. The van der Waals surface area contributed by atoms with E-state index in [1.54, 1.807) is 34.5 Å². The van der Waals surface area contributed by atoms with Crippen LogP contribution in [0.5, 0.6) is 0 Å². The van der Waals surface area contributed by atoms with Crippen molar-refractivity contribution in [3.05, 3.63) is 68.6 Å². The van der Waals surface area contributed by atoms with Crippen molar-refractivity contribution in [3.8, 4) is 0 Å². The van der Waals surface area contributed by atoms with Gasteiger partial charge in [0.1, 0.15) is 16.8 Å². The first-order valence-electron chi connectivity index (χ1n) is 10.6. The number of benzene rings is 1. The molecule has 2 aliphatic heterocycles. The molecule has 2 aromatic heterocycles. The van der Waals surface area contributed by atoms with Gasteiger partial charge in [-0.15, -0.1) is 34.4 Å². The Labute approximate surface area is 216 Å². The second kappa shape index (κ2) is 9.76. The maximum absolute atomic E-state index is 12.7. The van der Waals surface area contributed by atoms with Crippen molar-refractivity contribution in [1.29, 1.82) is 0 Å². The van der Waals surface area contributed by atoms with Gasteiger partial charge in [0.25, 0.3) is 0 Å². The number of β-lactam (4-membered cyclic amide) rings is 1. The molecule has 2 aliphatic rings. The summed E-state index contributed by atoms with van der Waals surface area (Å²) in [5.41, 5.74) is 0.971. The largest absolute Gasteiger partial charge is 0.481 e. The molecule has 0 radical (unpaired) electrons. The van der Waals surface area contributed by atoms with Gasteiger partial charge in [0.2, 0.25) is 11.8 Å².